The molecule has 2 saturated heterocycles. The first kappa shape index (κ1) is 17.9. The number of ether oxygens (including phenoxy) is 3. The maximum absolute atomic E-state index is 13.3. The number of benzene rings is 2. The minimum atomic E-state index is -0.766. The monoisotopic (exact) mass is 391 g/mol. The van der Waals surface area contributed by atoms with Crippen molar-refractivity contribution in [2.45, 2.75) is 18.3 Å². The molecule has 4 atom stereocenters. The second-order valence-electron chi connectivity index (χ2n) is 7.62. The molecular weight excluding hydrogens is 370 g/mol. The zero-order valence-electron chi connectivity index (χ0n) is 16.0. The lowest BCUT2D eigenvalue weighted by Crippen LogP contribution is -2.40. The van der Waals surface area contributed by atoms with Gasteiger partial charge in [-0.15, -0.1) is 0 Å². The second-order valence-corrected chi connectivity index (χ2v) is 7.62. The average Bonchev–Trinajstić information content (AvgIpc) is 3.41. The van der Waals surface area contributed by atoms with Gasteiger partial charge in [-0.05, 0) is 29.8 Å². The van der Waals surface area contributed by atoms with Crippen molar-refractivity contribution in [1.82, 2.24) is 0 Å². The van der Waals surface area contributed by atoms with Gasteiger partial charge < -0.3 is 19.1 Å². The van der Waals surface area contributed by atoms with Crippen molar-refractivity contribution >= 4 is 17.6 Å². The van der Waals surface area contributed by atoms with Crippen LogP contribution < -0.4 is 9.64 Å². The van der Waals surface area contributed by atoms with E-state index in [1.807, 2.05) is 66.7 Å². The molecule has 2 bridgehead atoms. The molecule has 2 aromatic carbocycles. The Bertz CT molecular complexity index is 971. The fourth-order valence-corrected chi connectivity index (χ4v) is 4.57. The Balaban J connectivity index is 1.37. The number of fused-ring (bicyclic) bond motifs is 1. The molecule has 0 N–H and O–H groups in total. The van der Waals surface area contributed by atoms with Crippen molar-refractivity contribution in [2.24, 2.45) is 11.8 Å². The standard InChI is InChI=1S/C23H21NO5/c1-27-17-9-7-16(8-10-17)24-14-23-12-11-18(29-23)19(20(23)21(24)25)22(26)28-13-15-5-3-2-4-6-15/h2-12,18-20H,13-14H2,1H3/t18-,19-,20-,23-/m1/s1. The molecular formula is C23H21NO5. The van der Waals surface area contributed by atoms with Gasteiger partial charge in [0.2, 0.25) is 5.91 Å². The van der Waals surface area contributed by atoms with E-state index in [0.717, 1.165) is 17.0 Å². The Hall–Kier alpha value is -3.12. The highest BCUT2D eigenvalue weighted by Gasteiger charge is 2.67. The summed E-state index contributed by atoms with van der Waals surface area (Å²) in [5.41, 5.74) is 0.905. The largest absolute Gasteiger partial charge is 0.497 e. The Morgan fingerprint density at radius 3 is 2.66 bits per heavy atom. The van der Waals surface area contributed by atoms with Crippen molar-refractivity contribution < 1.29 is 23.8 Å². The van der Waals surface area contributed by atoms with Gasteiger partial charge in [-0.25, -0.2) is 0 Å². The van der Waals surface area contributed by atoms with E-state index in [9.17, 15) is 9.59 Å². The molecule has 6 heteroatoms. The highest BCUT2D eigenvalue weighted by Crippen LogP contribution is 2.53. The molecule has 1 spiro atoms. The molecule has 1 amide bonds. The van der Waals surface area contributed by atoms with Crippen LogP contribution in [-0.2, 0) is 25.7 Å². The fraction of sp³-hybridized carbons (Fsp3) is 0.304. The molecule has 0 saturated carbocycles. The summed E-state index contributed by atoms with van der Waals surface area (Å²) in [4.78, 5) is 27.9. The third-order valence-corrected chi connectivity index (χ3v) is 5.98. The van der Waals surface area contributed by atoms with Gasteiger partial charge in [0.05, 0.1) is 25.7 Å². The summed E-state index contributed by atoms with van der Waals surface area (Å²) in [5.74, 6) is -0.968. The summed E-state index contributed by atoms with van der Waals surface area (Å²) in [6.07, 6.45) is 3.41. The third kappa shape index (κ3) is 2.83. The first-order valence-electron chi connectivity index (χ1n) is 9.64. The van der Waals surface area contributed by atoms with Crippen LogP contribution in [0, 0.1) is 11.8 Å². The lowest BCUT2D eigenvalue weighted by Gasteiger charge is -2.22. The highest BCUT2D eigenvalue weighted by molar-refractivity contribution is 6.02. The molecule has 5 rings (SSSR count). The van der Waals surface area contributed by atoms with Crippen molar-refractivity contribution in [3.63, 3.8) is 0 Å². The minimum Gasteiger partial charge on any atom is -0.497 e. The van der Waals surface area contributed by atoms with E-state index in [1.54, 1.807) is 12.0 Å². The van der Waals surface area contributed by atoms with Crippen LogP contribution in [0.5, 0.6) is 5.75 Å². The number of rotatable bonds is 5. The topological polar surface area (TPSA) is 65.1 Å². The molecule has 0 unspecified atom stereocenters. The molecule has 0 aliphatic carbocycles. The van der Waals surface area contributed by atoms with E-state index in [1.165, 1.54) is 0 Å². The number of hydrogen-bond acceptors (Lipinski definition) is 5. The lowest BCUT2D eigenvalue weighted by molar-refractivity contribution is -0.153. The van der Waals surface area contributed by atoms with Crippen molar-refractivity contribution in [2.75, 3.05) is 18.6 Å². The predicted molar refractivity (Wildman–Crippen MR) is 105 cm³/mol. The van der Waals surface area contributed by atoms with Gasteiger partial charge in [-0.1, -0.05) is 42.5 Å². The van der Waals surface area contributed by atoms with Crippen LogP contribution in [-0.4, -0.2) is 37.2 Å². The van der Waals surface area contributed by atoms with Crippen LogP contribution in [0.1, 0.15) is 5.56 Å². The summed E-state index contributed by atoms with van der Waals surface area (Å²) in [6, 6.07) is 16.8. The van der Waals surface area contributed by atoms with Crippen LogP contribution in [0.25, 0.3) is 0 Å². The van der Waals surface area contributed by atoms with Gasteiger partial charge >= 0.3 is 5.97 Å². The number of carbonyl (C=O) groups excluding carboxylic acids is 2. The Kier molecular flexibility index (Phi) is 4.17. The summed E-state index contributed by atoms with van der Waals surface area (Å²) in [5, 5.41) is 0. The first-order chi connectivity index (χ1) is 14.1. The molecule has 3 aliphatic rings. The smallest absolute Gasteiger partial charge is 0.313 e. The summed E-state index contributed by atoms with van der Waals surface area (Å²) in [6.45, 7) is 0.570. The molecule has 0 aromatic heterocycles. The van der Waals surface area contributed by atoms with E-state index in [4.69, 9.17) is 14.2 Å². The summed E-state index contributed by atoms with van der Waals surface area (Å²) >= 11 is 0. The summed E-state index contributed by atoms with van der Waals surface area (Å²) < 4.78 is 16.9. The molecule has 148 valence electrons. The van der Waals surface area contributed by atoms with Gasteiger partial charge in [0.25, 0.3) is 0 Å². The maximum Gasteiger partial charge on any atom is 0.313 e. The molecule has 29 heavy (non-hydrogen) atoms. The molecule has 3 aliphatic heterocycles. The van der Waals surface area contributed by atoms with Crippen molar-refractivity contribution in [1.29, 1.82) is 0 Å². The molecule has 3 heterocycles. The van der Waals surface area contributed by atoms with Crippen LogP contribution >= 0.6 is 0 Å². The Morgan fingerprint density at radius 2 is 1.93 bits per heavy atom. The SMILES string of the molecule is COc1ccc(N2C[C@@]34C=C[C@@H](O3)[C@@H](C(=O)OCc3ccccc3)[C@@H]4C2=O)cc1. The Morgan fingerprint density at radius 1 is 1.17 bits per heavy atom. The number of methoxy groups -OCH3 is 1. The van der Waals surface area contributed by atoms with Crippen molar-refractivity contribution in [3.8, 4) is 5.75 Å². The molecule has 0 radical (unpaired) electrons. The number of hydrogen-bond donors (Lipinski definition) is 0. The second kappa shape index (κ2) is 6.74. The summed E-state index contributed by atoms with van der Waals surface area (Å²) in [7, 11) is 1.60. The number of amides is 1. The predicted octanol–water partition coefficient (Wildman–Crippen LogP) is 2.73. The van der Waals surface area contributed by atoms with Gasteiger partial charge in [0, 0.05) is 5.69 Å². The van der Waals surface area contributed by atoms with E-state index in [-0.39, 0.29) is 18.5 Å². The number of esters is 1. The average molecular weight is 391 g/mol. The van der Waals surface area contributed by atoms with Gasteiger partial charge in [-0.2, -0.15) is 0 Å². The highest BCUT2D eigenvalue weighted by atomic mass is 16.6. The van der Waals surface area contributed by atoms with Gasteiger partial charge in [-0.3, -0.25) is 9.59 Å². The fourth-order valence-electron chi connectivity index (χ4n) is 4.57. The van der Waals surface area contributed by atoms with E-state index in [0.29, 0.717) is 6.54 Å². The van der Waals surface area contributed by atoms with E-state index in [2.05, 4.69) is 0 Å². The molecule has 6 nitrogen and oxygen atoms in total. The quantitative estimate of drug-likeness (QED) is 0.579. The zero-order chi connectivity index (χ0) is 20.0. The van der Waals surface area contributed by atoms with Crippen molar-refractivity contribution in [3.05, 3.63) is 72.3 Å². The number of nitrogens with zero attached hydrogens (tertiary/aromatic N) is 1. The Labute approximate surface area is 168 Å². The zero-order valence-corrected chi connectivity index (χ0v) is 16.0. The van der Waals surface area contributed by atoms with Crippen LogP contribution in [0.2, 0.25) is 0 Å². The lowest BCUT2D eigenvalue weighted by atomic mass is 9.77. The maximum atomic E-state index is 13.3. The van der Waals surface area contributed by atoms with E-state index < -0.39 is 23.5 Å². The van der Waals surface area contributed by atoms with Gasteiger partial charge in [0.15, 0.2) is 0 Å². The first-order valence-corrected chi connectivity index (χ1v) is 9.64. The van der Waals surface area contributed by atoms with E-state index >= 15 is 0 Å². The van der Waals surface area contributed by atoms with Crippen LogP contribution in [0.4, 0.5) is 5.69 Å². The van der Waals surface area contributed by atoms with Crippen LogP contribution in [0.15, 0.2) is 66.7 Å². The van der Waals surface area contributed by atoms with Crippen LogP contribution in [0.3, 0.4) is 0 Å². The number of anilines is 1. The van der Waals surface area contributed by atoms with Gasteiger partial charge in [0.1, 0.15) is 23.9 Å². The third-order valence-electron chi connectivity index (χ3n) is 5.98. The molecule has 2 fully saturated rings. The number of carbonyl (C=O) groups is 2. The minimum absolute atomic E-state index is 0.108. The molecule has 2 aromatic rings. The normalized spacial score (nSPS) is 29.2.